The van der Waals surface area contributed by atoms with Crippen LogP contribution < -0.4 is 0 Å². The Kier molecular flexibility index (Phi) is 3.01. The third-order valence-electron chi connectivity index (χ3n) is 2.69. The van der Waals surface area contributed by atoms with Gasteiger partial charge < -0.3 is 4.74 Å². The minimum atomic E-state index is -3.61. The number of esters is 1. The highest BCUT2D eigenvalue weighted by atomic mass is 32.2. The number of ether oxygens (including phenoxy) is 1. The summed E-state index contributed by atoms with van der Waals surface area (Å²) in [7, 11) is -3.61. The maximum absolute atomic E-state index is 12.3. The Balaban J connectivity index is 2.43. The van der Waals surface area contributed by atoms with Crippen molar-refractivity contribution in [3.05, 3.63) is 17.5 Å². The van der Waals surface area contributed by atoms with Gasteiger partial charge in [-0.15, -0.1) is 11.3 Å². The van der Waals surface area contributed by atoms with E-state index in [2.05, 4.69) is 0 Å². The molecule has 0 bridgehead atoms. The van der Waals surface area contributed by atoms with Gasteiger partial charge in [0.25, 0.3) is 10.0 Å². The standard InChI is InChI=1S/C10H13NO4S2/c1-10(2)9(12)15-6-5-11(10)17(13,14)8-4-3-7-16-8/h3-4,7H,5-6H2,1-2H3. The summed E-state index contributed by atoms with van der Waals surface area (Å²) >= 11 is 1.14. The van der Waals surface area contributed by atoms with Crippen LogP contribution in [-0.2, 0) is 19.6 Å². The Morgan fingerprint density at radius 1 is 1.47 bits per heavy atom. The number of thiophene rings is 1. The fourth-order valence-corrected chi connectivity index (χ4v) is 4.55. The molecule has 7 heteroatoms. The Labute approximate surface area is 104 Å². The van der Waals surface area contributed by atoms with Crippen molar-refractivity contribution in [3.8, 4) is 0 Å². The van der Waals surface area contributed by atoms with E-state index in [-0.39, 0.29) is 17.4 Å². The van der Waals surface area contributed by atoms with Crippen LogP contribution in [0, 0.1) is 0 Å². The van der Waals surface area contributed by atoms with Crippen molar-refractivity contribution in [2.24, 2.45) is 0 Å². The lowest BCUT2D eigenvalue weighted by molar-refractivity contribution is -0.160. The first-order chi connectivity index (χ1) is 7.87. The molecule has 1 aromatic heterocycles. The van der Waals surface area contributed by atoms with Crippen LogP contribution in [0.3, 0.4) is 0 Å². The lowest BCUT2D eigenvalue weighted by Crippen LogP contribution is -2.58. The molecule has 0 radical (unpaired) electrons. The number of rotatable bonds is 2. The molecule has 94 valence electrons. The van der Waals surface area contributed by atoms with Gasteiger partial charge in [-0.1, -0.05) is 6.07 Å². The van der Waals surface area contributed by atoms with Crippen molar-refractivity contribution in [3.63, 3.8) is 0 Å². The van der Waals surface area contributed by atoms with E-state index in [0.717, 1.165) is 11.3 Å². The van der Waals surface area contributed by atoms with Crippen molar-refractivity contribution in [1.82, 2.24) is 4.31 Å². The lowest BCUT2D eigenvalue weighted by atomic mass is 10.1. The Morgan fingerprint density at radius 2 is 2.18 bits per heavy atom. The van der Waals surface area contributed by atoms with Crippen LogP contribution in [0.5, 0.6) is 0 Å². The molecule has 17 heavy (non-hydrogen) atoms. The first kappa shape index (κ1) is 12.5. The van der Waals surface area contributed by atoms with Crippen molar-refractivity contribution >= 4 is 27.3 Å². The molecular weight excluding hydrogens is 262 g/mol. The SMILES string of the molecule is CC1(C)C(=O)OCCN1S(=O)(=O)c1cccs1. The fourth-order valence-electron chi connectivity index (χ4n) is 1.72. The highest BCUT2D eigenvalue weighted by Gasteiger charge is 2.46. The van der Waals surface area contributed by atoms with Crippen molar-refractivity contribution in [2.45, 2.75) is 23.6 Å². The molecule has 0 spiro atoms. The molecule has 0 saturated carbocycles. The maximum Gasteiger partial charge on any atom is 0.327 e. The van der Waals surface area contributed by atoms with Gasteiger partial charge in [-0.3, -0.25) is 4.79 Å². The number of nitrogens with zero attached hydrogens (tertiary/aromatic N) is 1. The summed E-state index contributed by atoms with van der Waals surface area (Å²) in [5.74, 6) is -0.510. The number of carbonyl (C=O) groups is 1. The van der Waals surface area contributed by atoms with Crippen LogP contribution in [0.1, 0.15) is 13.8 Å². The number of hydrogen-bond acceptors (Lipinski definition) is 5. The van der Waals surface area contributed by atoms with Crippen LogP contribution in [0.15, 0.2) is 21.7 Å². The van der Waals surface area contributed by atoms with Gasteiger partial charge in [0, 0.05) is 6.54 Å². The second kappa shape index (κ2) is 4.08. The third kappa shape index (κ3) is 1.98. The number of morpholine rings is 1. The summed E-state index contributed by atoms with van der Waals surface area (Å²) in [6, 6.07) is 3.21. The molecule has 2 rings (SSSR count). The Morgan fingerprint density at radius 3 is 2.76 bits per heavy atom. The molecule has 0 unspecified atom stereocenters. The van der Waals surface area contributed by atoms with Crippen LogP contribution in [0.2, 0.25) is 0 Å². The van der Waals surface area contributed by atoms with E-state index in [0.29, 0.717) is 0 Å². The molecule has 0 atom stereocenters. The minimum Gasteiger partial charge on any atom is -0.463 e. The van der Waals surface area contributed by atoms with Crippen LogP contribution >= 0.6 is 11.3 Å². The van der Waals surface area contributed by atoms with Gasteiger partial charge in [-0.25, -0.2) is 8.42 Å². The molecule has 0 aromatic carbocycles. The first-order valence-electron chi connectivity index (χ1n) is 5.10. The minimum absolute atomic E-state index is 0.104. The fraction of sp³-hybridized carbons (Fsp3) is 0.500. The van der Waals surface area contributed by atoms with E-state index in [1.54, 1.807) is 25.3 Å². The number of hydrogen-bond donors (Lipinski definition) is 0. The Bertz CT molecular complexity index is 519. The largest absolute Gasteiger partial charge is 0.463 e. The van der Waals surface area contributed by atoms with Gasteiger partial charge in [0.15, 0.2) is 0 Å². The van der Waals surface area contributed by atoms with E-state index >= 15 is 0 Å². The van der Waals surface area contributed by atoms with E-state index in [9.17, 15) is 13.2 Å². The summed E-state index contributed by atoms with van der Waals surface area (Å²) in [5.41, 5.74) is -1.15. The van der Waals surface area contributed by atoms with Gasteiger partial charge in [0.2, 0.25) is 0 Å². The average Bonchev–Trinajstić information content (AvgIpc) is 2.75. The molecule has 1 aliphatic heterocycles. The van der Waals surface area contributed by atoms with Gasteiger partial charge in [0.1, 0.15) is 16.4 Å². The summed E-state index contributed by atoms with van der Waals surface area (Å²) < 4.78 is 31.0. The lowest BCUT2D eigenvalue weighted by Gasteiger charge is -2.38. The average molecular weight is 275 g/mol. The van der Waals surface area contributed by atoms with E-state index < -0.39 is 21.5 Å². The van der Waals surface area contributed by atoms with Gasteiger partial charge in [-0.05, 0) is 25.3 Å². The van der Waals surface area contributed by atoms with E-state index in [1.807, 2.05) is 0 Å². The third-order valence-corrected chi connectivity index (χ3v) is 6.14. The molecule has 5 nitrogen and oxygen atoms in total. The second-order valence-corrected chi connectivity index (χ2v) is 7.24. The number of sulfonamides is 1. The van der Waals surface area contributed by atoms with E-state index in [4.69, 9.17) is 4.74 Å². The molecular formula is C10H13NO4S2. The monoisotopic (exact) mass is 275 g/mol. The molecule has 0 N–H and O–H groups in total. The van der Waals surface area contributed by atoms with Gasteiger partial charge >= 0.3 is 5.97 Å². The summed E-state index contributed by atoms with van der Waals surface area (Å²) in [5, 5.41) is 1.70. The Hall–Kier alpha value is -0.920. The predicted octanol–water partition coefficient (Wildman–Crippen LogP) is 1.07. The molecule has 1 saturated heterocycles. The van der Waals surface area contributed by atoms with Crippen molar-refractivity contribution in [2.75, 3.05) is 13.2 Å². The molecule has 0 aliphatic carbocycles. The topological polar surface area (TPSA) is 63.7 Å². The quantitative estimate of drug-likeness (QED) is 0.758. The highest BCUT2D eigenvalue weighted by molar-refractivity contribution is 7.91. The molecule has 2 heterocycles. The number of cyclic esters (lactones) is 1. The summed E-state index contributed by atoms with van der Waals surface area (Å²) in [4.78, 5) is 11.6. The normalized spacial score (nSPS) is 21.2. The first-order valence-corrected chi connectivity index (χ1v) is 7.42. The molecule has 1 aromatic rings. The summed E-state index contributed by atoms with van der Waals surface area (Å²) in [6.45, 7) is 3.41. The number of carbonyl (C=O) groups excluding carboxylic acids is 1. The zero-order valence-electron chi connectivity index (χ0n) is 9.54. The molecule has 1 aliphatic rings. The van der Waals surface area contributed by atoms with Crippen LogP contribution in [0.25, 0.3) is 0 Å². The zero-order chi connectivity index (χ0) is 12.7. The highest BCUT2D eigenvalue weighted by Crippen LogP contribution is 2.30. The molecule has 0 amide bonds. The molecule has 1 fully saturated rings. The van der Waals surface area contributed by atoms with Crippen molar-refractivity contribution < 1.29 is 17.9 Å². The zero-order valence-corrected chi connectivity index (χ0v) is 11.2. The van der Waals surface area contributed by atoms with Crippen LogP contribution in [0.4, 0.5) is 0 Å². The van der Waals surface area contributed by atoms with Crippen molar-refractivity contribution in [1.29, 1.82) is 0 Å². The second-order valence-electron chi connectivity index (χ2n) is 4.20. The van der Waals surface area contributed by atoms with Gasteiger partial charge in [-0.2, -0.15) is 4.31 Å². The maximum atomic E-state index is 12.3. The summed E-state index contributed by atoms with van der Waals surface area (Å²) in [6.07, 6.45) is 0. The smallest absolute Gasteiger partial charge is 0.327 e. The predicted molar refractivity (Wildman–Crippen MR) is 63.2 cm³/mol. The van der Waals surface area contributed by atoms with Crippen LogP contribution in [-0.4, -0.2) is 37.4 Å². The van der Waals surface area contributed by atoms with E-state index in [1.165, 1.54) is 10.4 Å². The van der Waals surface area contributed by atoms with Gasteiger partial charge in [0.05, 0.1) is 0 Å².